The molecule has 4 rings (SSSR count). The van der Waals surface area contributed by atoms with Crippen molar-refractivity contribution in [3.63, 3.8) is 0 Å². The summed E-state index contributed by atoms with van der Waals surface area (Å²) in [6.45, 7) is 13.4. The number of rotatable bonds is 13. The number of benzene rings is 2. The summed E-state index contributed by atoms with van der Waals surface area (Å²) in [6, 6.07) is 15.4. The molecule has 0 spiro atoms. The van der Waals surface area contributed by atoms with E-state index in [0.717, 1.165) is 74.3 Å². The van der Waals surface area contributed by atoms with Crippen molar-refractivity contribution in [3.8, 4) is 11.6 Å². The standard InChI is InChI=1S/C32H41Cl2N3O4/c1-23(2)21-32(3,4)31(38)41-22-40-29-13-11-24-10-12-25(20-27(24)35-29)39-19-6-5-14-36-15-17-37(18-16-36)28-9-7-8-26(33)30(28)34/h7-13,20,23H,5-6,14-19,21-22H2,1-4H3. The molecule has 1 aromatic heterocycles. The molecule has 1 saturated heterocycles. The van der Waals surface area contributed by atoms with Crippen LogP contribution in [0.2, 0.25) is 10.0 Å². The van der Waals surface area contributed by atoms with Gasteiger partial charge in [0.05, 0.1) is 33.3 Å². The third-order valence-corrected chi connectivity index (χ3v) is 8.10. The predicted octanol–water partition coefficient (Wildman–Crippen LogP) is 7.47. The first-order chi connectivity index (χ1) is 19.6. The molecule has 0 N–H and O–H groups in total. The summed E-state index contributed by atoms with van der Waals surface area (Å²) in [4.78, 5) is 21.8. The molecule has 0 aliphatic carbocycles. The lowest BCUT2D eigenvalue weighted by Gasteiger charge is -2.36. The molecule has 2 aromatic carbocycles. The Labute approximate surface area is 253 Å². The van der Waals surface area contributed by atoms with Gasteiger partial charge in [-0.3, -0.25) is 9.69 Å². The van der Waals surface area contributed by atoms with Gasteiger partial charge in [0.1, 0.15) is 5.75 Å². The first-order valence-corrected chi connectivity index (χ1v) is 15.1. The largest absolute Gasteiger partial charge is 0.494 e. The summed E-state index contributed by atoms with van der Waals surface area (Å²) in [5.74, 6) is 1.31. The van der Waals surface area contributed by atoms with E-state index in [1.165, 1.54) is 0 Å². The molecule has 0 bridgehead atoms. The third kappa shape index (κ3) is 8.87. The van der Waals surface area contributed by atoms with E-state index in [9.17, 15) is 4.79 Å². The van der Waals surface area contributed by atoms with Gasteiger partial charge in [-0.25, -0.2) is 4.98 Å². The van der Waals surface area contributed by atoms with E-state index in [-0.39, 0.29) is 12.8 Å². The molecule has 0 saturated carbocycles. The lowest BCUT2D eigenvalue weighted by Crippen LogP contribution is -2.46. The molecular formula is C32H41Cl2N3O4. The van der Waals surface area contributed by atoms with Crippen LogP contribution in [-0.2, 0) is 9.53 Å². The number of carbonyl (C=O) groups is 1. The van der Waals surface area contributed by atoms with Crippen molar-refractivity contribution < 1.29 is 19.0 Å². The Morgan fingerprint density at radius 2 is 1.76 bits per heavy atom. The van der Waals surface area contributed by atoms with Gasteiger partial charge < -0.3 is 19.1 Å². The second kappa shape index (κ2) is 14.4. The first kappa shape index (κ1) is 31.2. The molecule has 0 radical (unpaired) electrons. The van der Waals surface area contributed by atoms with Crippen LogP contribution in [0.4, 0.5) is 5.69 Å². The third-order valence-electron chi connectivity index (χ3n) is 7.29. The summed E-state index contributed by atoms with van der Waals surface area (Å²) >= 11 is 12.6. The van der Waals surface area contributed by atoms with Gasteiger partial charge in [-0.15, -0.1) is 0 Å². The Bertz CT molecular complexity index is 1310. The molecule has 7 nitrogen and oxygen atoms in total. The Morgan fingerprint density at radius 1 is 1.00 bits per heavy atom. The minimum Gasteiger partial charge on any atom is -0.494 e. The van der Waals surface area contributed by atoms with Gasteiger partial charge in [-0.05, 0) is 75.9 Å². The van der Waals surface area contributed by atoms with Gasteiger partial charge in [0.2, 0.25) is 12.7 Å². The smallest absolute Gasteiger partial charge is 0.314 e. The van der Waals surface area contributed by atoms with E-state index in [2.05, 4.69) is 28.6 Å². The number of aromatic nitrogens is 1. The SMILES string of the molecule is CC(C)CC(C)(C)C(=O)OCOc1ccc2ccc(OCCCCN3CCN(c4cccc(Cl)c4Cl)CC3)cc2n1. The fourth-order valence-corrected chi connectivity index (χ4v) is 5.68. The van der Waals surface area contributed by atoms with Crippen LogP contribution < -0.4 is 14.4 Å². The van der Waals surface area contributed by atoms with E-state index in [4.69, 9.17) is 37.4 Å². The lowest BCUT2D eigenvalue weighted by atomic mass is 9.84. The molecule has 1 aliphatic heterocycles. The second-order valence-corrected chi connectivity index (χ2v) is 12.4. The zero-order chi connectivity index (χ0) is 29.4. The van der Waals surface area contributed by atoms with Crippen molar-refractivity contribution in [2.45, 2.75) is 47.0 Å². The zero-order valence-electron chi connectivity index (χ0n) is 24.5. The molecule has 41 heavy (non-hydrogen) atoms. The van der Waals surface area contributed by atoms with E-state index >= 15 is 0 Å². The molecule has 2 heterocycles. The van der Waals surface area contributed by atoms with Crippen molar-refractivity contribution in [3.05, 3.63) is 58.6 Å². The second-order valence-electron chi connectivity index (χ2n) is 11.6. The van der Waals surface area contributed by atoms with Crippen LogP contribution >= 0.6 is 23.2 Å². The molecule has 0 atom stereocenters. The van der Waals surface area contributed by atoms with Crippen molar-refractivity contribution in [1.82, 2.24) is 9.88 Å². The number of esters is 1. The number of halogens is 2. The summed E-state index contributed by atoms with van der Waals surface area (Å²) in [5.41, 5.74) is 1.23. The highest BCUT2D eigenvalue weighted by Gasteiger charge is 2.30. The fraction of sp³-hybridized carbons (Fsp3) is 0.500. The summed E-state index contributed by atoms with van der Waals surface area (Å²) in [6.07, 6.45) is 2.78. The van der Waals surface area contributed by atoms with E-state index in [1.54, 1.807) is 6.07 Å². The Morgan fingerprint density at radius 3 is 2.51 bits per heavy atom. The highest BCUT2D eigenvalue weighted by atomic mass is 35.5. The molecule has 222 valence electrons. The monoisotopic (exact) mass is 601 g/mol. The Hall–Kier alpha value is -2.74. The van der Waals surface area contributed by atoms with E-state index in [1.807, 2.05) is 56.3 Å². The van der Waals surface area contributed by atoms with Crippen molar-refractivity contribution in [1.29, 1.82) is 0 Å². The zero-order valence-corrected chi connectivity index (χ0v) is 26.0. The number of unbranched alkanes of at least 4 members (excludes halogenated alkanes) is 1. The Kier molecular flexibility index (Phi) is 11.0. The summed E-state index contributed by atoms with van der Waals surface area (Å²) < 4.78 is 17.0. The van der Waals surface area contributed by atoms with E-state index < -0.39 is 5.41 Å². The fourth-order valence-electron chi connectivity index (χ4n) is 5.27. The normalized spacial score (nSPS) is 14.5. The number of ether oxygens (including phenoxy) is 3. The molecule has 0 unspecified atom stereocenters. The number of piperazine rings is 1. The molecule has 1 aliphatic rings. The maximum Gasteiger partial charge on any atom is 0.314 e. The van der Waals surface area contributed by atoms with Crippen LogP contribution in [0.3, 0.4) is 0 Å². The van der Waals surface area contributed by atoms with Gasteiger partial charge in [-0.1, -0.05) is 43.1 Å². The predicted molar refractivity (Wildman–Crippen MR) is 166 cm³/mol. The molecule has 9 heteroatoms. The van der Waals surface area contributed by atoms with Crippen molar-refractivity contribution in [2.24, 2.45) is 11.3 Å². The summed E-state index contributed by atoms with van der Waals surface area (Å²) in [5, 5.41) is 2.22. The topological polar surface area (TPSA) is 64.1 Å². The molecule has 3 aromatic rings. The number of anilines is 1. The number of nitrogens with zero attached hydrogens (tertiary/aromatic N) is 3. The van der Waals surface area contributed by atoms with Crippen molar-refractivity contribution >= 4 is 45.8 Å². The quantitative estimate of drug-likeness (QED) is 0.114. The highest BCUT2D eigenvalue weighted by Crippen LogP contribution is 2.33. The molecule has 0 amide bonds. The average Bonchev–Trinajstić information content (AvgIpc) is 2.94. The first-order valence-electron chi connectivity index (χ1n) is 14.4. The van der Waals surface area contributed by atoms with E-state index in [0.29, 0.717) is 28.5 Å². The average molecular weight is 603 g/mol. The molecular weight excluding hydrogens is 561 g/mol. The molecule has 1 fully saturated rings. The minimum absolute atomic E-state index is 0.168. The van der Waals surface area contributed by atoms with Gasteiger partial charge in [-0.2, -0.15) is 0 Å². The van der Waals surface area contributed by atoms with Gasteiger partial charge in [0.15, 0.2) is 0 Å². The van der Waals surface area contributed by atoms with Crippen LogP contribution in [0.25, 0.3) is 10.9 Å². The maximum atomic E-state index is 12.4. The van der Waals surface area contributed by atoms with Gasteiger partial charge in [0.25, 0.3) is 0 Å². The number of hydrogen-bond donors (Lipinski definition) is 0. The van der Waals surface area contributed by atoms with Crippen LogP contribution in [0.5, 0.6) is 11.6 Å². The maximum absolute atomic E-state index is 12.4. The van der Waals surface area contributed by atoms with Crippen LogP contribution in [0, 0.1) is 11.3 Å². The van der Waals surface area contributed by atoms with Crippen molar-refractivity contribution in [2.75, 3.05) is 51.0 Å². The number of hydrogen-bond acceptors (Lipinski definition) is 7. The highest BCUT2D eigenvalue weighted by molar-refractivity contribution is 6.43. The van der Waals surface area contributed by atoms with Crippen LogP contribution in [-0.4, -0.2) is 62.0 Å². The number of fused-ring (bicyclic) bond motifs is 1. The van der Waals surface area contributed by atoms with Gasteiger partial charge >= 0.3 is 5.97 Å². The number of carbonyl (C=O) groups excluding carboxylic acids is 1. The Balaban J connectivity index is 1.17. The van der Waals surface area contributed by atoms with Crippen LogP contribution in [0.1, 0.15) is 47.0 Å². The van der Waals surface area contributed by atoms with Crippen LogP contribution in [0.15, 0.2) is 48.5 Å². The minimum atomic E-state index is -0.554. The van der Waals surface area contributed by atoms with Gasteiger partial charge in [0, 0.05) is 43.7 Å². The summed E-state index contributed by atoms with van der Waals surface area (Å²) in [7, 11) is 0. The number of pyridine rings is 1. The lowest BCUT2D eigenvalue weighted by molar-refractivity contribution is -0.161.